The minimum absolute atomic E-state index is 0.0497. The highest BCUT2D eigenvalue weighted by atomic mass is 16.2. The van der Waals surface area contributed by atoms with Crippen molar-refractivity contribution in [1.29, 1.82) is 0 Å². The third-order valence-corrected chi connectivity index (χ3v) is 4.41. The van der Waals surface area contributed by atoms with Gasteiger partial charge in [-0.15, -0.1) is 0 Å². The second kappa shape index (κ2) is 7.94. The van der Waals surface area contributed by atoms with Crippen LogP contribution in [0, 0.1) is 12.8 Å². The topological polar surface area (TPSA) is 76.6 Å². The van der Waals surface area contributed by atoms with Crippen LogP contribution in [0.4, 0.5) is 0 Å². The second-order valence-corrected chi connectivity index (χ2v) is 6.15. The van der Waals surface area contributed by atoms with Gasteiger partial charge in [0, 0.05) is 6.54 Å². The van der Waals surface area contributed by atoms with Crippen LogP contribution in [0.1, 0.15) is 24.0 Å². The molecule has 0 saturated carbocycles. The van der Waals surface area contributed by atoms with Crippen LogP contribution in [0.15, 0.2) is 24.3 Å². The molecular weight excluding hydrogens is 278 g/mol. The third-order valence-electron chi connectivity index (χ3n) is 4.41. The lowest BCUT2D eigenvalue weighted by molar-refractivity contribution is -0.899. The van der Waals surface area contributed by atoms with E-state index in [1.165, 1.54) is 11.1 Å². The smallest absolute Gasteiger partial charge is 0.275 e. The van der Waals surface area contributed by atoms with E-state index in [0.717, 1.165) is 30.7 Å². The number of carbonyl (C=O) groups excluding carboxylic acids is 2. The molecule has 2 amide bonds. The van der Waals surface area contributed by atoms with Crippen molar-refractivity contribution < 1.29 is 14.5 Å². The van der Waals surface area contributed by atoms with Crippen LogP contribution in [-0.2, 0) is 16.0 Å². The Hall–Kier alpha value is -1.88. The van der Waals surface area contributed by atoms with Gasteiger partial charge in [0.1, 0.15) is 0 Å². The van der Waals surface area contributed by atoms with Gasteiger partial charge in [-0.25, -0.2) is 0 Å². The molecule has 1 aromatic carbocycles. The van der Waals surface area contributed by atoms with E-state index in [0.29, 0.717) is 19.6 Å². The fraction of sp³-hybridized carbons (Fsp3) is 0.529. The maximum absolute atomic E-state index is 12.0. The Kier molecular flexibility index (Phi) is 5.95. The molecule has 1 unspecified atom stereocenters. The third kappa shape index (κ3) is 4.84. The maximum atomic E-state index is 12.0. The molecule has 0 spiro atoms. The highest BCUT2D eigenvalue weighted by Gasteiger charge is 2.28. The Morgan fingerprint density at radius 1 is 1.36 bits per heavy atom. The number of rotatable bonds is 6. The van der Waals surface area contributed by atoms with Gasteiger partial charge in [-0.1, -0.05) is 24.3 Å². The van der Waals surface area contributed by atoms with Crippen molar-refractivity contribution in [3.63, 3.8) is 0 Å². The molecule has 0 aromatic heterocycles. The van der Waals surface area contributed by atoms with E-state index in [4.69, 9.17) is 5.73 Å². The van der Waals surface area contributed by atoms with Crippen molar-refractivity contribution >= 4 is 11.8 Å². The number of hydrogen-bond acceptors (Lipinski definition) is 2. The van der Waals surface area contributed by atoms with Gasteiger partial charge in [0.15, 0.2) is 6.54 Å². The van der Waals surface area contributed by atoms with E-state index in [2.05, 4.69) is 24.4 Å². The largest absolute Gasteiger partial charge is 0.369 e. The molecule has 2 rings (SSSR count). The summed E-state index contributed by atoms with van der Waals surface area (Å²) >= 11 is 0. The number of aryl methyl sites for hydroxylation is 1. The number of nitrogens with one attached hydrogen (secondary N) is 2. The van der Waals surface area contributed by atoms with Crippen LogP contribution in [0.3, 0.4) is 0 Å². The van der Waals surface area contributed by atoms with Crippen LogP contribution in [0.5, 0.6) is 0 Å². The minimum atomic E-state index is -0.239. The minimum Gasteiger partial charge on any atom is -0.369 e. The number of amides is 2. The zero-order valence-corrected chi connectivity index (χ0v) is 13.2. The molecule has 5 nitrogen and oxygen atoms in total. The summed E-state index contributed by atoms with van der Waals surface area (Å²) in [6, 6.07) is 8.21. The number of carbonyl (C=O) groups is 2. The van der Waals surface area contributed by atoms with Crippen molar-refractivity contribution in [1.82, 2.24) is 5.32 Å². The Morgan fingerprint density at radius 3 is 2.86 bits per heavy atom. The molecule has 1 aliphatic rings. The standard InChI is InChI=1S/C17H25N3O2/c1-13-5-2-3-6-14(13)8-9-19-16(21)12-20-10-4-7-15(11-20)17(18)22/h2-3,5-6,15H,4,7-12H2,1H3,(H2,18,22)(H,19,21)/p+1/t15-/m1/s1. The molecule has 120 valence electrons. The summed E-state index contributed by atoms with van der Waals surface area (Å²) in [7, 11) is 0. The monoisotopic (exact) mass is 304 g/mol. The second-order valence-electron chi connectivity index (χ2n) is 6.15. The molecule has 0 radical (unpaired) electrons. The van der Waals surface area contributed by atoms with Gasteiger partial charge in [0.2, 0.25) is 5.91 Å². The van der Waals surface area contributed by atoms with E-state index in [9.17, 15) is 9.59 Å². The Bertz CT molecular complexity index is 530. The van der Waals surface area contributed by atoms with Crippen LogP contribution in [0.25, 0.3) is 0 Å². The average Bonchev–Trinajstić information content (AvgIpc) is 2.49. The average molecular weight is 304 g/mol. The molecule has 22 heavy (non-hydrogen) atoms. The van der Waals surface area contributed by atoms with Crippen LogP contribution in [-0.4, -0.2) is 38.0 Å². The van der Waals surface area contributed by atoms with Crippen LogP contribution >= 0.6 is 0 Å². The summed E-state index contributed by atoms with van der Waals surface area (Å²) in [6.45, 7) is 4.78. The van der Waals surface area contributed by atoms with Gasteiger partial charge < -0.3 is 16.0 Å². The quantitative estimate of drug-likeness (QED) is 0.658. The highest BCUT2D eigenvalue weighted by Crippen LogP contribution is 2.07. The molecule has 0 aliphatic carbocycles. The molecule has 2 atom stereocenters. The molecule has 1 heterocycles. The maximum Gasteiger partial charge on any atom is 0.275 e. The number of piperidine rings is 1. The molecule has 1 aromatic rings. The van der Waals surface area contributed by atoms with Crippen molar-refractivity contribution in [2.75, 3.05) is 26.2 Å². The van der Waals surface area contributed by atoms with Gasteiger partial charge in [0.25, 0.3) is 5.91 Å². The molecule has 0 bridgehead atoms. The number of nitrogens with two attached hydrogens (primary N) is 1. The Balaban J connectivity index is 1.72. The number of primary amides is 1. The first-order valence-corrected chi connectivity index (χ1v) is 8.00. The van der Waals surface area contributed by atoms with E-state index in [1.807, 2.05) is 12.1 Å². The summed E-state index contributed by atoms with van der Waals surface area (Å²) in [5.74, 6) is -0.269. The summed E-state index contributed by atoms with van der Waals surface area (Å²) in [6.07, 6.45) is 2.66. The van der Waals surface area contributed by atoms with Crippen LogP contribution in [0.2, 0.25) is 0 Å². The Morgan fingerprint density at radius 2 is 2.14 bits per heavy atom. The first-order valence-electron chi connectivity index (χ1n) is 8.00. The van der Waals surface area contributed by atoms with Crippen molar-refractivity contribution in [2.45, 2.75) is 26.2 Å². The normalized spacial score (nSPS) is 21.3. The number of likely N-dealkylation sites (tertiary alicyclic amines) is 1. The lowest BCUT2D eigenvalue weighted by atomic mass is 9.97. The Labute approximate surface area is 131 Å². The number of benzene rings is 1. The first-order chi connectivity index (χ1) is 10.6. The van der Waals surface area contributed by atoms with E-state index in [1.54, 1.807) is 0 Å². The lowest BCUT2D eigenvalue weighted by Gasteiger charge is -2.27. The summed E-state index contributed by atoms with van der Waals surface area (Å²) in [5, 5.41) is 2.97. The van der Waals surface area contributed by atoms with Gasteiger partial charge in [-0.05, 0) is 37.3 Å². The molecule has 1 saturated heterocycles. The van der Waals surface area contributed by atoms with Gasteiger partial charge >= 0.3 is 0 Å². The van der Waals surface area contributed by atoms with Crippen LogP contribution < -0.4 is 16.0 Å². The van der Waals surface area contributed by atoms with E-state index >= 15 is 0 Å². The summed E-state index contributed by atoms with van der Waals surface area (Å²) < 4.78 is 0. The zero-order chi connectivity index (χ0) is 15.9. The van der Waals surface area contributed by atoms with E-state index < -0.39 is 0 Å². The summed E-state index contributed by atoms with van der Waals surface area (Å²) in [4.78, 5) is 24.4. The first kappa shape index (κ1) is 16.5. The highest BCUT2D eigenvalue weighted by molar-refractivity contribution is 5.77. The van der Waals surface area contributed by atoms with Crippen molar-refractivity contribution in [3.8, 4) is 0 Å². The number of hydrogen-bond donors (Lipinski definition) is 3. The lowest BCUT2D eigenvalue weighted by Crippen LogP contribution is -3.15. The molecule has 1 fully saturated rings. The molecular formula is C17H26N3O2+. The van der Waals surface area contributed by atoms with Gasteiger partial charge in [-0.3, -0.25) is 9.59 Å². The fourth-order valence-electron chi connectivity index (χ4n) is 3.07. The van der Waals surface area contributed by atoms with Gasteiger partial charge in [0.05, 0.1) is 19.0 Å². The number of quaternary nitrogens is 1. The van der Waals surface area contributed by atoms with Crippen molar-refractivity contribution in [3.05, 3.63) is 35.4 Å². The van der Waals surface area contributed by atoms with E-state index in [-0.39, 0.29) is 17.7 Å². The predicted molar refractivity (Wildman–Crippen MR) is 85.4 cm³/mol. The summed E-state index contributed by atoms with van der Waals surface area (Å²) in [5.41, 5.74) is 7.88. The SMILES string of the molecule is Cc1ccccc1CCNC(=O)C[NH+]1CCC[C@@H](C(N)=O)C1. The van der Waals surface area contributed by atoms with Gasteiger partial charge in [-0.2, -0.15) is 0 Å². The predicted octanol–water partition coefficient (Wildman–Crippen LogP) is -0.566. The molecule has 5 heteroatoms. The van der Waals surface area contributed by atoms with Crippen molar-refractivity contribution in [2.24, 2.45) is 11.7 Å². The zero-order valence-electron chi connectivity index (χ0n) is 13.2. The molecule has 4 N–H and O–H groups in total. The fourth-order valence-corrected chi connectivity index (χ4v) is 3.07. The molecule has 1 aliphatic heterocycles.